The first kappa shape index (κ1) is 10.9. The Morgan fingerprint density at radius 1 is 1.38 bits per heavy atom. The van der Waals surface area contributed by atoms with Crippen LogP contribution in [0.1, 0.15) is 25.7 Å². The Morgan fingerprint density at radius 3 is 2.44 bits per heavy atom. The normalized spacial score (nSPS) is 29.9. The van der Waals surface area contributed by atoms with E-state index in [1.54, 1.807) is 0 Å². The number of carboxylic acids is 1. The van der Waals surface area contributed by atoms with E-state index < -0.39 is 11.9 Å². The number of carboxylic acid groups (broad SMARTS) is 1. The maximum Gasteiger partial charge on any atom is 0.367 e. The third-order valence-electron chi connectivity index (χ3n) is 3.25. The Hall–Kier alpha value is -1.65. The number of oxime groups is 1. The Balaban J connectivity index is 1.97. The molecule has 0 aromatic heterocycles. The first-order valence-electron chi connectivity index (χ1n) is 5.31. The number of nitrogens with zero attached hydrogens (tertiary/aromatic N) is 1. The van der Waals surface area contributed by atoms with Crippen LogP contribution in [0.25, 0.3) is 0 Å². The van der Waals surface area contributed by atoms with Crippen molar-refractivity contribution in [3.05, 3.63) is 12.2 Å². The standard InChI is InChI=1S/C11H13NO4/c1-6-9(12-16-11(6)15)7-2-4-8(5-3-7)10(13)14/h7-8H,1-5H2,(H,13,14). The second-order valence-electron chi connectivity index (χ2n) is 4.22. The molecule has 16 heavy (non-hydrogen) atoms. The second kappa shape index (κ2) is 4.08. The molecule has 0 saturated heterocycles. The third-order valence-corrected chi connectivity index (χ3v) is 3.25. The predicted molar refractivity (Wildman–Crippen MR) is 55.8 cm³/mol. The zero-order chi connectivity index (χ0) is 11.7. The maximum absolute atomic E-state index is 11.1. The Bertz CT molecular complexity index is 377. The van der Waals surface area contributed by atoms with Gasteiger partial charge in [-0.05, 0) is 25.7 Å². The van der Waals surface area contributed by atoms with Crippen molar-refractivity contribution in [1.29, 1.82) is 0 Å². The molecule has 1 aliphatic heterocycles. The van der Waals surface area contributed by atoms with Gasteiger partial charge in [-0.2, -0.15) is 0 Å². The number of hydrogen-bond acceptors (Lipinski definition) is 4. The van der Waals surface area contributed by atoms with Gasteiger partial charge in [0.25, 0.3) is 0 Å². The summed E-state index contributed by atoms with van der Waals surface area (Å²) in [6.45, 7) is 3.62. The van der Waals surface area contributed by atoms with Gasteiger partial charge in [-0.1, -0.05) is 11.7 Å². The van der Waals surface area contributed by atoms with Crippen LogP contribution in [0, 0.1) is 11.8 Å². The second-order valence-corrected chi connectivity index (χ2v) is 4.22. The van der Waals surface area contributed by atoms with Gasteiger partial charge in [0.15, 0.2) is 0 Å². The summed E-state index contributed by atoms with van der Waals surface area (Å²) in [5.41, 5.74) is 0.924. The van der Waals surface area contributed by atoms with E-state index in [2.05, 4.69) is 16.6 Å². The lowest BCUT2D eigenvalue weighted by Crippen LogP contribution is -2.26. The Kier molecular flexibility index (Phi) is 2.77. The zero-order valence-corrected chi connectivity index (χ0v) is 8.81. The monoisotopic (exact) mass is 223 g/mol. The smallest absolute Gasteiger partial charge is 0.367 e. The highest BCUT2D eigenvalue weighted by Crippen LogP contribution is 2.32. The molecule has 0 bridgehead atoms. The first-order chi connectivity index (χ1) is 7.59. The van der Waals surface area contributed by atoms with E-state index in [1.807, 2.05) is 0 Å². The fourth-order valence-electron chi connectivity index (χ4n) is 2.24. The van der Waals surface area contributed by atoms with Crippen molar-refractivity contribution in [3.63, 3.8) is 0 Å². The Morgan fingerprint density at radius 2 is 2.00 bits per heavy atom. The van der Waals surface area contributed by atoms with Gasteiger partial charge in [-0.3, -0.25) is 4.79 Å². The van der Waals surface area contributed by atoms with Crippen molar-refractivity contribution >= 4 is 17.7 Å². The number of rotatable bonds is 2. The van der Waals surface area contributed by atoms with E-state index in [9.17, 15) is 9.59 Å². The summed E-state index contributed by atoms with van der Waals surface area (Å²) >= 11 is 0. The van der Waals surface area contributed by atoms with Gasteiger partial charge in [-0.25, -0.2) is 4.79 Å². The molecule has 0 aromatic carbocycles. The van der Waals surface area contributed by atoms with E-state index in [0.717, 1.165) is 12.8 Å². The highest BCUT2D eigenvalue weighted by Gasteiger charge is 2.34. The van der Waals surface area contributed by atoms with Crippen molar-refractivity contribution in [1.82, 2.24) is 0 Å². The molecule has 0 unspecified atom stereocenters. The molecule has 86 valence electrons. The van der Waals surface area contributed by atoms with Crippen LogP contribution in [0.3, 0.4) is 0 Å². The molecule has 1 N–H and O–H groups in total. The van der Waals surface area contributed by atoms with Crippen molar-refractivity contribution in [3.8, 4) is 0 Å². The summed E-state index contributed by atoms with van der Waals surface area (Å²) in [6.07, 6.45) is 2.71. The topological polar surface area (TPSA) is 76.0 Å². The van der Waals surface area contributed by atoms with Gasteiger partial charge in [0.1, 0.15) is 0 Å². The van der Waals surface area contributed by atoms with Gasteiger partial charge in [0.05, 0.1) is 17.2 Å². The zero-order valence-electron chi connectivity index (χ0n) is 8.81. The molecule has 1 aliphatic carbocycles. The molecule has 0 radical (unpaired) electrons. The average Bonchev–Trinajstić information content (AvgIpc) is 2.60. The van der Waals surface area contributed by atoms with Crippen LogP contribution < -0.4 is 0 Å². The highest BCUT2D eigenvalue weighted by molar-refractivity contribution is 6.22. The van der Waals surface area contributed by atoms with Crippen LogP contribution in [-0.4, -0.2) is 22.8 Å². The van der Waals surface area contributed by atoms with Crippen LogP contribution in [0.5, 0.6) is 0 Å². The maximum atomic E-state index is 11.1. The predicted octanol–water partition coefficient (Wildman–Crippen LogP) is 1.35. The minimum Gasteiger partial charge on any atom is -0.481 e. The summed E-state index contributed by atoms with van der Waals surface area (Å²) in [7, 11) is 0. The van der Waals surface area contributed by atoms with Gasteiger partial charge in [0.2, 0.25) is 0 Å². The number of carbonyl (C=O) groups is 2. The molecule has 2 rings (SSSR count). The van der Waals surface area contributed by atoms with Gasteiger partial charge >= 0.3 is 11.9 Å². The van der Waals surface area contributed by atoms with Gasteiger partial charge < -0.3 is 9.94 Å². The molecular weight excluding hydrogens is 210 g/mol. The lowest BCUT2D eigenvalue weighted by Gasteiger charge is -2.25. The fourth-order valence-corrected chi connectivity index (χ4v) is 2.24. The van der Waals surface area contributed by atoms with Crippen LogP contribution >= 0.6 is 0 Å². The summed E-state index contributed by atoms with van der Waals surface area (Å²) in [5.74, 6) is -1.37. The van der Waals surface area contributed by atoms with Crippen molar-refractivity contribution in [2.45, 2.75) is 25.7 Å². The van der Waals surface area contributed by atoms with Crippen molar-refractivity contribution in [2.75, 3.05) is 0 Å². The summed E-state index contributed by atoms with van der Waals surface area (Å²) in [5, 5.41) is 12.6. The summed E-state index contributed by atoms with van der Waals surface area (Å²) < 4.78 is 0. The number of hydrogen-bond donors (Lipinski definition) is 1. The molecule has 1 heterocycles. The summed E-state index contributed by atoms with van der Waals surface area (Å²) in [6, 6.07) is 0. The van der Waals surface area contributed by atoms with Crippen molar-refractivity contribution in [2.24, 2.45) is 17.0 Å². The fraction of sp³-hybridized carbons (Fsp3) is 0.545. The molecule has 2 aliphatic rings. The molecule has 1 saturated carbocycles. The van der Waals surface area contributed by atoms with Crippen LogP contribution in [0.15, 0.2) is 17.3 Å². The quantitative estimate of drug-likeness (QED) is 0.566. The molecule has 0 atom stereocenters. The van der Waals surface area contributed by atoms with E-state index >= 15 is 0 Å². The molecule has 0 amide bonds. The van der Waals surface area contributed by atoms with Crippen molar-refractivity contribution < 1.29 is 19.5 Å². The molecule has 0 spiro atoms. The van der Waals surface area contributed by atoms with Crippen LogP contribution in [0.2, 0.25) is 0 Å². The average molecular weight is 223 g/mol. The molecule has 5 nitrogen and oxygen atoms in total. The van der Waals surface area contributed by atoms with E-state index in [4.69, 9.17) is 5.11 Å². The van der Waals surface area contributed by atoms with Gasteiger partial charge in [-0.15, -0.1) is 0 Å². The minimum absolute atomic E-state index is 0.120. The Labute approximate surface area is 92.8 Å². The molecule has 1 fully saturated rings. The number of aliphatic carboxylic acids is 1. The molecule has 0 aromatic rings. The third kappa shape index (κ3) is 1.85. The largest absolute Gasteiger partial charge is 0.481 e. The first-order valence-corrected chi connectivity index (χ1v) is 5.31. The number of carbonyl (C=O) groups excluding carboxylic acids is 1. The van der Waals surface area contributed by atoms with E-state index in [1.165, 1.54) is 0 Å². The van der Waals surface area contributed by atoms with Gasteiger partial charge in [0, 0.05) is 5.92 Å². The summed E-state index contributed by atoms with van der Waals surface area (Å²) in [4.78, 5) is 26.4. The lowest BCUT2D eigenvalue weighted by molar-refractivity contribution is -0.143. The SMILES string of the molecule is C=C1C(=O)ON=C1C1CCC(C(=O)O)CC1. The minimum atomic E-state index is -0.738. The lowest BCUT2D eigenvalue weighted by atomic mass is 9.78. The van der Waals surface area contributed by atoms with E-state index in [0.29, 0.717) is 24.1 Å². The molecule has 5 heteroatoms. The van der Waals surface area contributed by atoms with Crippen LogP contribution in [0.4, 0.5) is 0 Å². The van der Waals surface area contributed by atoms with E-state index in [-0.39, 0.29) is 11.8 Å². The molecular formula is C11H13NO4. The highest BCUT2D eigenvalue weighted by atomic mass is 16.7. The van der Waals surface area contributed by atoms with Crippen LogP contribution in [-0.2, 0) is 14.4 Å².